The molecule has 25 heavy (non-hydrogen) atoms. The van der Waals surface area contributed by atoms with Gasteiger partial charge in [0.05, 0.1) is 17.9 Å². The number of hydrogen-bond acceptors (Lipinski definition) is 6. The van der Waals surface area contributed by atoms with E-state index in [0.717, 1.165) is 0 Å². The molecule has 1 amide bonds. The monoisotopic (exact) mass is 348 g/mol. The Balaban J connectivity index is 3.01. The number of aromatic nitrogens is 2. The molecule has 1 aromatic heterocycles. The third-order valence-corrected chi connectivity index (χ3v) is 3.23. The van der Waals surface area contributed by atoms with E-state index in [1.54, 1.807) is 24.8 Å². The molecular weight excluding hydrogens is 320 g/mol. The number of rotatable bonds is 6. The van der Waals surface area contributed by atoms with Gasteiger partial charge in [0.25, 0.3) is 5.91 Å². The SMILES string of the molecule is CCOC(=O)C(/C=C/C(C)(C)C)NC(=O)c1cnc(N(C)C)nc1C. The Hall–Kier alpha value is -2.44. The molecule has 0 aliphatic heterocycles. The van der Waals surface area contributed by atoms with Gasteiger partial charge in [-0.05, 0) is 19.3 Å². The van der Waals surface area contributed by atoms with Crippen molar-refractivity contribution in [2.24, 2.45) is 5.41 Å². The maximum absolute atomic E-state index is 12.5. The standard InChI is InChI=1S/C18H28N4O3/c1-8-25-16(24)14(9-10-18(3,4)5)21-15(23)13-11-19-17(22(6)7)20-12(13)2/h9-11,14H,8H2,1-7H3,(H,21,23)/b10-9+. The molecule has 7 nitrogen and oxygen atoms in total. The summed E-state index contributed by atoms with van der Waals surface area (Å²) in [5.74, 6) is -0.400. The predicted octanol–water partition coefficient (Wildman–Crippen LogP) is 2.11. The van der Waals surface area contributed by atoms with Crippen LogP contribution in [-0.4, -0.2) is 48.6 Å². The molecule has 0 saturated heterocycles. The molecule has 1 unspecified atom stereocenters. The lowest BCUT2D eigenvalue weighted by atomic mass is 9.95. The van der Waals surface area contributed by atoms with Gasteiger partial charge in [-0.15, -0.1) is 0 Å². The molecule has 138 valence electrons. The molecule has 0 aliphatic rings. The van der Waals surface area contributed by atoms with E-state index in [2.05, 4.69) is 15.3 Å². The average Bonchev–Trinajstić information content (AvgIpc) is 2.50. The summed E-state index contributed by atoms with van der Waals surface area (Å²) in [6.07, 6.45) is 4.98. The van der Waals surface area contributed by atoms with Crippen LogP contribution < -0.4 is 10.2 Å². The summed E-state index contributed by atoms with van der Waals surface area (Å²) in [6.45, 7) is 9.72. The minimum atomic E-state index is -0.861. The van der Waals surface area contributed by atoms with Gasteiger partial charge in [0.1, 0.15) is 6.04 Å². The van der Waals surface area contributed by atoms with Crippen LogP contribution in [0.3, 0.4) is 0 Å². The lowest BCUT2D eigenvalue weighted by Crippen LogP contribution is -2.41. The van der Waals surface area contributed by atoms with Crippen LogP contribution in [-0.2, 0) is 9.53 Å². The number of anilines is 1. The summed E-state index contributed by atoms with van der Waals surface area (Å²) >= 11 is 0. The van der Waals surface area contributed by atoms with Crippen LogP contribution in [0.25, 0.3) is 0 Å². The van der Waals surface area contributed by atoms with E-state index in [9.17, 15) is 9.59 Å². The minimum Gasteiger partial charge on any atom is -0.464 e. The fourth-order valence-corrected chi connectivity index (χ4v) is 1.91. The van der Waals surface area contributed by atoms with E-state index in [0.29, 0.717) is 17.2 Å². The number of aryl methyl sites for hydroxylation is 1. The van der Waals surface area contributed by atoms with Crippen molar-refractivity contribution in [1.82, 2.24) is 15.3 Å². The summed E-state index contributed by atoms with van der Waals surface area (Å²) in [5, 5.41) is 2.69. The number of nitrogens with one attached hydrogen (secondary N) is 1. The van der Waals surface area contributed by atoms with Gasteiger partial charge in [0.15, 0.2) is 0 Å². The molecule has 1 heterocycles. The van der Waals surface area contributed by atoms with Crippen molar-refractivity contribution in [3.05, 3.63) is 29.6 Å². The van der Waals surface area contributed by atoms with Gasteiger partial charge in [-0.3, -0.25) is 4.79 Å². The van der Waals surface area contributed by atoms with Crippen LogP contribution in [0.1, 0.15) is 43.7 Å². The normalized spacial score (nSPS) is 12.8. The zero-order valence-corrected chi connectivity index (χ0v) is 16.1. The highest BCUT2D eigenvalue weighted by molar-refractivity contribution is 5.98. The predicted molar refractivity (Wildman–Crippen MR) is 97.6 cm³/mol. The van der Waals surface area contributed by atoms with E-state index in [-0.39, 0.29) is 12.0 Å². The average molecular weight is 348 g/mol. The van der Waals surface area contributed by atoms with E-state index in [1.165, 1.54) is 6.20 Å². The molecule has 0 aliphatic carbocycles. The van der Waals surface area contributed by atoms with Crippen molar-refractivity contribution in [1.29, 1.82) is 0 Å². The molecule has 0 aromatic carbocycles. The van der Waals surface area contributed by atoms with Crippen molar-refractivity contribution in [2.45, 2.75) is 40.7 Å². The van der Waals surface area contributed by atoms with E-state index in [4.69, 9.17) is 4.74 Å². The topological polar surface area (TPSA) is 84.4 Å². The quantitative estimate of drug-likeness (QED) is 0.626. The van der Waals surface area contributed by atoms with E-state index >= 15 is 0 Å². The fourth-order valence-electron chi connectivity index (χ4n) is 1.91. The second-order valence-electron chi connectivity index (χ2n) is 6.99. The maximum Gasteiger partial charge on any atom is 0.332 e. The van der Waals surface area contributed by atoms with Gasteiger partial charge in [0, 0.05) is 20.3 Å². The number of esters is 1. The summed E-state index contributed by atoms with van der Waals surface area (Å²) in [5.41, 5.74) is 0.740. The van der Waals surface area contributed by atoms with Crippen LogP contribution in [0.15, 0.2) is 18.3 Å². The third kappa shape index (κ3) is 6.52. The van der Waals surface area contributed by atoms with Crippen molar-refractivity contribution < 1.29 is 14.3 Å². The highest BCUT2D eigenvalue weighted by atomic mass is 16.5. The van der Waals surface area contributed by atoms with Crippen LogP contribution in [0.4, 0.5) is 5.95 Å². The van der Waals surface area contributed by atoms with Gasteiger partial charge in [-0.2, -0.15) is 0 Å². The number of ether oxygens (including phenoxy) is 1. The largest absolute Gasteiger partial charge is 0.464 e. The molecule has 0 saturated carbocycles. The first-order valence-corrected chi connectivity index (χ1v) is 8.23. The van der Waals surface area contributed by atoms with Crippen molar-refractivity contribution in [3.63, 3.8) is 0 Å². The number of carbonyl (C=O) groups is 2. The summed E-state index contributed by atoms with van der Waals surface area (Å²) in [4.78, 5) is 34.9. The first-order valence-electron chi connectivity index (χ1n) is 8.23. The molecule has 0 spiro atoms. The second kappa shape index (κ2) is 8.60. The molecule has 7 heteroatoms. The molecule has 0 radical (unpaired) electrons. The molecular formula is C18H28N4O3. The smallest absolute Gasteiger partial charge is 0.332 e. The van der Waals surface area contributed by atoms with E-state index < -0.39 is 17.9 Å². The number of carbonyl (C=O) groups excluding carboxylic acids is 2. The zero-order chi connectivity index (χ0) is 19.2. The molecule has 1 aromatic rings. The molecule has 1 N–H and O–H groups in total. The number of amides is 1. The number of nitrogens with zero attached hydrogens (tertiary/aromatic N) is 3. The highest BCUT2D eigenvalue weighted by Gasteiger charge is 2.22. The van der Waals surface area contributed by atoms with Crippen LogP contribution in [0.2, 0.25) is 0 Å². The lowest BCUT2D eigenvalue weighted by Gasteiger charge is -2.18. The highest BCUT2D eigenvalue weighted by Crippen LogP contribution is 2.15. The Morgan fingerprint density at radius 2 is 2.00 bits per heavy atom. The Bertz CT molecular complexity index is 648. The maximum atomic E-state index is 12.5. The van der Waals surface area contributed by atoms with Gasteiger partial charge in [0.2, 0.25) is 5.95 Å². The van der Waals surface area contributed by atoms with Crippen molar-refractivity contribution >= 4 is 17.8 Å². The Labute approximate surface area is 149 Å². The summed E-state index contributed by atoms with van der Waals surface area (Å²) in [7, 11) is 3.64. The lowest BCUT2D eigenvalue weighted by molar-refractivity contribution is -0.144. The number of hydrogen-bond donors (Lipinski definition) is 1. The van der Waals surface area contributed by atoms with Crippen molar-refractivity contribution in [3.8, 4) is 0 Å². The van der Waals surface area contributed by atoms with Crippen molar-refractivity contribution in [2.75, 3.05) is 25.6 Å². The minimum absolute atomic E-state index is 0.123. The number of allylic oxidation sites excluding steroid dienone is 1. The molecule has 0 bridgehead atoms. The van der Waals surface area contributed by atoms with Gasteiger partial charge in [-0.1, -0.05) is 32.9 Å². The first kappa shape index (κ1) is 20.6. The van der Waals surface area contributed by atoms with Gasteiger partial charge < -0.3 is 15.0 Å². The molecule has 1 atom stereocenters. The summed E-state index contributed by atoms with van der Waals surface area (Å²) in [6, 6.07) is -0.861. The van der Waals surface area contributed by atoms with Crippen LogP contribution in [0, 0.1) is 12.3 Å². The molecule has 0 fully saturated rings. The zero-order valence-electron chi connectivity index (χ0n) is 16.1. The van der Waals surface area contributed by atoms with Crippen LogP contribution >= 0.6 is 0 Å². The van der Waals surface area contributed by atoms with E-state index in [1.807, 2.05) is 40.9 Å². The summed E-state index contributed by atoms with van der Waals surface area (Å²) < 4.78 is 5.04. The Morgan fingerprint density at radius 1 is 1.36 bits per heavy atom. The van der Waals surface area contributed by atoms with Gasteiger partial charge in [-0.25, -0.2) is 14.8 Å². The van der Waals surface area contributed by atoms with Crippen LogP contribution in [0.5, 0.6) is 0 Å². The second-order valence-corrected chi connectivity index (χ2v) is 6.99. The Kier molecular flexibility index (Phi) is 7.09. The first-order chi connectivity index (χ1) is 11.5. The third-order valence-electron chi connectivity index (χ3n) is 3.23. The van der Waals surface area contributed by atoms with Gasteiger partial charge >= 0.3 is 5.97 Å². The molecule has 1 rings (SSSR count). The Morgan fingerprint density at radius 3 is 2.48 bits per heavy atom. The fraction of sp³-hybridized carbons (Fsp3) is 0.556.